The van der Waals surface area contributed by atoms with E-state index in [1.165, 1.54) is 54.1 Å². The molecule has 0 spiro atoms. The Morgan fingerprint density at radius 2 is 0.658 bits per heavy atom. The fourth-order valence-electron chi connectivity index (χ4n) is 12.4. The number of para-hydroxylation sites is 6. The maximum Gasteiger partial charge on any atom is 0.142 e. The fraction of sp³-hybridized carbons (Fsp3) is 0. The van der Waals surface area contributed by atoms with E-state index in [1.54, 1.807) is 0 Å². The quantitative estimate of drug-likeness (QED) is 0.174. The lowest BCUT2D eigenvalue weighted by atomic mass is 10.1. The number of nitrogens with zero attached hydrogens (tertiary/aromatic N) is 4. The van der Waals surface area contributed by atoms with E-state index in [0.717, 1.165) is 82.0 Å². The lowest BCUT2D eigenvalue weighted by Gasteiger charge is -2.36. The van der Waals surface area contributed by atoms with Gasteiger partial charge in [-0.15, -0.1) is 8.59 Å². The summed E-state index contributed by atoms with van der Waals surface area (Å²) in [5, 5.41) is 9.64. The minimum absolute atomic E-state index is 0.787. The summed E-state index contributed by atoms with van der Waals surface area (Å²) in [6.45, 7) is 0. The minimum atomic E-state index is -2.65. The summed E-state index contributed by atoms with van der Waals surface area (Å²) >= 11 is 7.17. The largest absolute Gasteiger partial charge is 0.455 e. The van der Waals surface area contributed by atoms with Gasteiger partial charge in [0.1, 0.15) is 11.5 Å². The van der Waals surface area contributed by atoms with Crippen molar-refractivity contribution in [1.29, 1.82) is 0 Å². The Bertz CT molecular complexity index is 4570. The standard InChI is InChI=1S/C66H42N4OS2/c72-73(46-22-8-3-9-23-46)61-38-32-44(69-53-28-14-10-24-47(53)49-34-36-57-63(65(49)69)51-26-12-16-30-55(51)67(57)42-18-4-1-5-19-42)40-59(61)71-60-41-45(33-39-62(60)73)70-54-29-15-11-25-48(54)50-35-37-58-64(66(50)70)52-27-13-17-31-56(52)68(58)43-20-6-2-7-21-43/h1-41,73H. The number of thiol groups is 1. The molecule has 1 aliphatic heterocycles. The third-order valence-electron chi connectivity index (χ3n) is 15.4. The number of aromatic nitrogens is 4. The van der Waals surface area contributed by atoms with Crippen molar-refractivity contribution in [3.8, 4) is 34.2 Å². The van der Waals surface area contributed by atoms with Crippen molar-refractivity contribution in [2.75, 3.05) is 0 Å². The minimum Gasteiger partial charge on any atom is -0.455 e. The Hall–Kier alpha value is -9.01. The number of ether oxygens (including phenoxy) is 1. The highest BCUT2D eigenvalue weighted by Crippen LogP contribution is 2.53. The molecule has 1 aliphatic rings. The smallest absolute Gasteiger partial charge is 0.142 e. The van der Waals surface area contributed by atoms with Crippen LogP contribution in [0.5, 0.6) is 11.5 Å². The molecular weight excluding hydrogens is 929 g/mol. The van der Waals surface area contributed by atoms with E-state index in [4.69, 9.17) is 15.9 Å². The molecule has 0 saturated carbocycles. The molecule has 7 heteroatoms. The molecule has 0 fully saturated rings. The number of hydrogen-bond donors (Lipinski definition) is 1. The molecule has 344 valence electrons. The van der Waals surface area contributed by atoms with Gasteiger partial charge in [-0.1, -0.05) is 151 Å². The molecule has 4 aromatic heterocycles. The van der Waals surface area contributed by atoms with E-state index in [-0.39, 0.29) is 0 Å². The van der Waals surface area contributed by atoms with Crippen LogP contribution in [0, 0.1) is 0 Å². The SMILES string of the molecule is S=[SH]1(c2ccccc2)c2ccc(-n3c4ccccc4c4ccc5c(c6ccccc6n5-c5ccccc5)c43)cc2Oc2cc(-n3c4ccccc4c4ccc5c(c6ccccc6n5-c5ccccc5)c43)ccc21. The molecule has 15 aromatic rings. The second-order valence-corrected chi connectivity index (χ2v) is 23.5. The molecule has 11 aromatic carbocycles. The highest BCUT2D eigenvalue weighted by molar-refractivity contribution is 8.40. The molecule has 0 atom stereocenters. The zero-order chi connectivity index (χ0) is 47.9. The molecule has 16 rings (SSSR count). The van der Waals surface area contributed by atoms with Gasteiger partial charge in [-0.25, -0.2) is 0 Å². The first kappa shape index (κ1) is 40.7. The number of hydrogen-bond acceptors (Lipinski definition) is 2. The highest BCUT2D eigenvalue weighted by atomic mass is 32.9. The third-order valence-corrected chi connectivity index (χ3v) is 20.3. The monoisotopic (exact) mass is 970 g/mol. The van der Waals surface area contributed by atoms with Gasteiger partial charge in [0.25, 0.3) is 0 Å². The number of rotatable bonds is 5. The number of fused-ring (bicyclic) bond motifs is 16. The first-order chi connectivity index (χ1) is 36.1. The van der Waals surface area contributed by atoms with Gasteiger partial charge in [0.05, 0.1) is 44.1 Å². The Kier molecular flexibility index (Phi) is 8.50. The molecule has 0 bridgehead atoms. The second-order valence-electron chi connectivity index (χ2n) is 19.1. The van der Waals surface area contributed by atoms with Crippen molar-refractivity contribution in [2.24, 2.45) is 0 Å². The molecule has 0 N–H and O–H groups in total. The average Bonchev–Trinajstić information content (AvgIpc) is 4.19. The van der Waals surface area contributed by atoms with E-state index in [9.17, 15) is 0 Å². The molecular formula is C66H42N4OS2. The van der Waals surface area contributed by atoms with Crippen molar-refractivity contribution in [2.45, 2.75) is 14.7 Å². The molecule has 0 saturated heterocycles. The Balaban J connectivity index is 0.949. The van der Waals surface area contributed by atoms with Gasteiger partial charge >= 0.3 is 0 Å². The van der Waals surface area contributed by atoms with Crippen molar-refractivity contribution >= 4 is 107 Å². The van der Waals surface area contributed by atoms with Crippen molar-refractivity contribution < 1.29 is 4.74 Å². The normalized spacial score (nSPS) is 13.6. The fourth-order valence-corrected chi connectivity index (χ4v) is 16.5. The summed E-state index contributed by atoms with van der Waals surface area (Å²) in [7, 11) is -2.65. The van der Waals surface area contributed by atoms with E-state index >= 15 is 0 Å². The summed E-state index contributed by atoms with van der Waals surface area (Å²) in [5.74, 6) is 1.57. The first-order valence-corrected chi connectivity index (χ1v) is 27.6. The molecule has 0 aliphatic carbocycles. The van der Waals surface area contributed by atoms with Crippen molar-refractivity contribution in [1.82, 2.24) is 18.3 Å². The second kappa shape index (κ2) is 15.2. The van der Waals surface area contributed by atoms with Crippen LogP contribution < -0.4 is 4.74 Å². The topological polar surface area (TPSA) is 28.9 Å². The van der Waals surface area contributed by atoms with Crippen molar-refractivity contribution in [3.05, 3.63) is 249 Å². The van der Waals surface area contributed by atoms with Gasteiger partial charge in [0.2, 0.25) is 0 Å². The molecule has 5 heterocycles. The Morgan fingerprint density at radius 1 is 0.288 bits per heavy atom. The van der Waals surface area contributed by atoms with Crippen LogP contribution in [0.4, 0.5) is 0 Å². The Morgan fingerprint density at radius 3 is 1.10 bits per heavy atom. The van der Waals surface area contributed by atoms with E-state index in [0.29, 0.717) is 0 Å². The lowest BCUT2D eigenvalue weighted by molar-refractivity contribution is 0.452. The van der Waals surface area contributed by atoms with Gasteiger partial charge in [-0.3, -0.25) is 0 Å². The zero-order valence-electron chi connectivity index (χ0n) is 39.2. The third kappa shape index (κ3) is 5.58. The molecule has 73 heavy (non-hydrogen) atoms. The molecule has 0 amide bonds. The van der Waals surface area contributed by atoms with Gasteiger partial charge in [0, 0.05) is 92.7 Å². The van der Waals surface area contributed by atoms with E-state index in [2.05, 4.69) is 267 Å². The van der Waals surface area contributed by atoms with Gasteiger partial charge < -0.3 is 23.0 Å². The molecule has 5 nitrogen and oxygen atoms in total. The van der Waals surface area contributed by atoms with Crippen LogP contribution >= 0.6 is 0 Å². The summed E-state index contributed by atoms with van der Waals surface area (Å²) in [6, 6.07) is 90.0. The maximum absolute atomic E-state index is 7.39. The van der Waals surface area contributed by atoms with Crippen LogP contribution in [-0.4, -0.2) is 18.3 Å². The van der Waals surface area contributed by atoms with Crippen LogP contribution in [0.15, 0.2) is 263 Å². The van der Waals surface area contributed by atoms with Crippen LogP contribution in [0.3, 0.4) is 0 Å². The van der Waals surface area contributed by atoms with Gasteiger partial charge in [-0.05, 0) is 97.1 Å². The van der Waals surface area contributed by atoms with Crippen LogP contribution in [-0.2, 0) is 19.8 Å². The molecule has 0 radical (unpaired) electrons. The van der Waals surface area contributed by atoms with Crippen LogP contribution in [0.1, 0.15) is 0 Å². The van der Waals surface area contributed by atoms with E-state index < -0.39 is 8.59 Å². The van der Waals surface area contributed by atoms with Crippen LogP contribution in [0.2, 0.25) is 0 Å². The summed E-state index contributed by atoms with van der Waals surface area (Å²) in [6.07, 6.45) is 0. The van der Waals surface area contributed by atoms with Gasteiger partial charge in [-0.2, -0.15) is 0 Å². The first-order valence-electron chi connectivity index (χ1n) is 24.8. The maximum atomic E-state index is 7.39. The lowest BCUT2D eigenvalue weighted by Crippen LogP contribution is -2.19. The predicted octanol–water partition coefficient (Wildman–Crippen LogP) is 17.0. The van der Waals surface area contributed by atoms with Gasteiger partial charge in [0.15, 0.2) is 0 Å². The highest BCUT2D eigenvalue weighted by Gasteiger charge is 2.33. The van der Waals surface area contributed by atoms with Crippen molar-refractivity contribution in [3.63, 3.8) is 0 Å². The zero-order valence-corrected chi connectivity index (χ0v) is 40.9. The predicted molar refractivity (Wildman–Crippen MR) is 308 cm³/mol. The van der Waals surface area contributed by atoms with E-state index in [1.807, 2.05) is 0 Å². The summed E-state index contributed by atoms with van der Waals surface area (Å²) in [4.78, 5) is 3.24. The average molecular weight is 971 g/mol. The van der Waals surface area contributed by atoms with Crippen LogP contribution in [0.25, 0.3) is 110 Å². The summed E-state index contributed by atoms with van der Waals surface area (Å²) < 4.78 is 17.1. The summed E-state index contributed by atoms with van der Waals surface area (Å²) in [5.41, 5.74) is 13.5. The Labute approximate surface area is 425 Å². The molecule has 0 unspecified atom stereocenters. The number of benzene rings is 11.